The molecule has 1 aliphatic heterocycles. The highest BCUT2D eigenvalue weighted by Gasteiger charge is 2.65. The molecule has 2 saturated carbocycles. The Morgan fingerprint density at radius 1 is 1.10 bits per heavy atom. The SMILES string of the molecule is C=C[C@@H]1C[C@]1(NC(=O)[C@@H]1C[C@@H](Oc2cc(-c3csc(NC(C)C)n3)nc3cc(OC)ccc23)CN1C(=O)[C@@H](NC(=O)OC1CCCC1)C(C)(C)C)P(=O)(O)Cc1ccc(C#N)cc1. The highest BCUT2D eigenvalue weighted by Crippen LogP contribution is 2.70. The number of benzene rings is 2. The lowest BCUT2D eigenvalue weighted by atomic mass is 9.85. The normalized spacial score (nSPS) is 22.5. The minimum Gasteiger partial charge on any atom is -0.497 e. The van der Waals surface area contributed by atoms with Gasteiger partial charge in [-0.25, -0.2) is 14.8 Å². The molecule has 4 N–H and O–H groups in total. The van der Waals surface area contributed by atoms with Gasteiger partial charge in [-0.1, -0.05) is 39.0 Å². The van der Waals surface area contributed by atoms with Crippen LogP contribution in [0.25, 0.3) is 22.3 Å². The summed E-state index contributed by atoms with van der Waals surface area (Å²) in [5.41, 5.74) is 1.88. The van der Waals surface area contributed by atoms with Crippen molar-refractivity contribution in [3.05, 3.63) is 77.7 Å². The van der Waals surface area contributed by atoms with Gasteiger partial charge in [-0.05, 0) is 81.2 Å². The first-order chi connectivity index (χ1) is 29.9. The van der Waals surface area contributed by atoms with Gasteiger partial charge in [0.1, 0.15) is 46.8 Å². The Labute approximate surface area is 372 Å². The number of nitriles is 1. The van der Waals surface area contributed by atoms with Crippen LogP contribution in [0, 0.1) is 22.7 Å². The Kier molecular flexibility index (Phi) is 13.2. The monoisotopic (exact) mass is 897 g/mol. The van der Waals surface area contributed by atoms with Crippen LogP contribution in [0.15, 0.2) is 66.6 Å². The number of carbonyl (C=O) groups excluding carboxylic acids is 3. The largest absolute Gasteiger partial charge is 0.497 e. The van der Waals surface area contributed by atoms with Crippen molar-refractivity contribution < 1.29 is 38.1 Å². The van der Waals surface area contributed by atoms with Crippen molar-refractivity contribution in [3.8, 4) is 29.0 Å². The number of hydrogen-bond acceptors (Lipinski definition) is 12. The number of amides is 3. The smallest absolute Gasteiger partial charge is 0.408 e. The Hall–Kier alpha value is -5.49. The average molecular weight is 898 g/mol. The molecule has 6 atom stereocenters. The van der Waals surface area contributed by atoms with Crippen LogP contribution >= 0.6 is 18.7 Å². The number of nitrogens with one attached hydrogen (secondary N) is 3. The second-order valence-electron chi connectivity index (χ2n) is 18.1. The zero-order chi connectivity index (χ0) is 45.3. The number of fused-ring (bicyclic) bond motifs is 1. The number of alkyl carbamates (subject to hydrolysis) is 1. The lowest BCUT2D eigenvalue weighted by Crippen LogP contribution is -2.58. The van der Waals surface area contributed by atoms with E-state index in [4.69, 9.17) is 24.2 Å². The first-order valence-corrected chi connectivity index (χ1v) is 24.1. The molecule has 3 aliphatic rings. The highest BCUT2D eigenvalue weighted by molar-refractivity contribution is 7.59. The molecule has 63 heavy (non-hydrogen) atoms. The van der Waals surface area contributed by atoms with Gasteiger partial charge in [0, 0.05) is 41.3 Å². The summed E-state index contributed by atoms with van der Waals surface area (Å²) in [6, 6.07) is 13.6. The maximum atomic E-state index is 14.9. The van der Waals surface area contributed by atoms with Crippen LogP contribution in [0.5, 0.6) is 11.5 Å². The van der Waals surface area contributed by atoms with Gasteiger partial charge < -0.3 is 40.0 Å². The molecule has 0 radical (unpaired) electrons. The van der Waals surface area contributed by atoms with Crippen molar-refractivity contribution in [3.63, 3.8) is 0 Å². The number of thiazole rings is 1. The van der Waals surface area contributed by atoms with E-state index >= 15 is 0 Å². The summed E-state index contributed by atoms with van der Waals surface area (Å²) < 4.78 is 32.4. The van der Waals surface area contributed by atoms with Crippen molar-refractivity contribution >= 4 is 52.6 Å². The third-order valence-corrected chi connectivity index (χ3v) is 15.4. The van der Waals surface area contributed by atoms with Crippen LogP contribution < -0.4 is 25.4 Å². The summed E-state index contributed by atoms with van der Waals surface area (Å²) in [5.74, 6) is -0.632. The zero-order valence-electron chi connectivity index (χ0n) is 36.6. The van der Waals surface area contributed by atoms with E-state index in [1.54, 1.807) is 55.7 Å². The first kappa shape index (κ1) is 45.5. The molecule has 3 amide bonds. The van der Waals surface area contributed by atoms with E-state index in [-0.39, 0.29) is 37.7 Å². The molecule has 0 spiro atoms. The molecule has 15 nitrogen and oxygen atoms in total. The highest BCUT2D eigenvalue weighted by atomic mass is 32.1. The number of nitrogens with zero attached hydrogens (tertiary/aromatic N) is 4. The summed E-state index contributed by atoms with van der Waals surface area (Å²) in [7, 11) is -2.61. The predicted octanol–water partition coefficient (Wildman–Crippen LogP) is 7.98. The number of aromatic nitrogens is 2. The Morgan fingerprint density at radius 2 is 1.83 bits per heavy atom. The van der Waals surface area contributed by atoms with E-state index in [1.165, 1.54) is 16.2 Å². The summed E-state index contributed by atoms with van der Waals surface area (Å²) >= 11 is 1.45. The van der Waals surface area contributed by atoms with Crippen LogP contribution in [0.3, 0.4) is 0 Å². The molecule has 2 aromatic carbocycles. The van der Waals surface area contributed by atoms with Crippen LogP contribution in [0.2, 0.25) is 0 Å². The molecule has 1 unspecified atom stereocenters. The van der Waals surface area contributed by atoms with Gasteiger partial charge >= 0.3 is 6.09 Å². The molecule has 4 aromatic rings. The van der Waals surface area contributed by atoms with E-state index < -0.39 is 60.1 Å². The fraction of sp³-hybridized carbons (Fsp3) is 0.478. The molecule has 7 rings (SSSR count). The third-order valence-electron chi connectivity index (χ3n) is 12.0. The van der Waals surface area contributed by atoms with Gasteiger partial charge in [-0.3, -0.25) is 14.2 Å². The van der Waals surface area contributed by atoms with Gasteiger partial charge in [-0.15, -0.1) is 17.9 Å². The number of rotatable bonds is 15. The number of methoxy groups -OCH3 is 1. The number of pyridine rings is 1. The van der Waals surface area contributed by atoms with E-state index in [0.29, 0.717) is 44.9 Å². The quantitative estimate of drug-likeness (QED) is 0.0662. The molecule has 2 aliphatic carbocycles. The molecule has 1 saturated heterocycles. The summed E-state index contributed by atoms with van der Waals surface area (Å²) in [5, 5.41) is 20.1. The van der Waals surface area contributed by atoms with Gasteiger partial charge in [0.2, 0.25) is 19.2 Å². The first-order valence-electron chi connectivity index (χ1n) is 21.3. The standard InChI is InChI=1S/C46H56N7O8PS/c1-8-30-22-46(30,62(57,58)25-29-15-13-28(23-47)14-16-29)52-41(54)38-20-33(24-53(38)42(55)40(45(4,5)6)51-44(56)61-31-11-9-10-12-31)60-39-21-36(37-26-63-43(50-37)48-27(2)3)49-35-19-32(59-7)17-18-34(35)39/h8,13-19,21,26-27,30-31,33,38,40H,1,9-12,20,22,24-25H2,2-7H3,(H,48,50)(H,51,56)(H,52,54)(H,57,58)/t30-,33-,38+,40-,46+/m1/s1. The van der Waals surface area contributed by atoms with Crippen LogP contribution in [0.4, 0.5) is 9.93 Å². The lowest BCUT2D eigenvalue weighted by Gasteiger charge is -2.36. The second kappa shape index (κ2) is 18.3. The molecule has 0 bridgehead atoms. The van der Waals surface area contributed by atoms with Crippen molar-refractivity contribution in [2.24, 2.45) is 11.3 Å². The van der Waals surface area contributed by atoms with E-state index in [9.17, 15) is 29.1 Å². The maximum Gasteiger partial charge on any atom is 0.408 e. The molecule has 3 heterocycles. The van der Waals surface area contributed by atoms with E-state index in [1.807, 2.05) is 46.1 Å². The number of carbonyl (C=O) groups is 3. The van der Waals surface area contributed by atoms with Crippen LogP contribution in [0.1, 0.15) is 84.3 Å². The second-order valence-corrected chi connectivity index (χ2v) is 21.5. The topological polar surface area (TPSA) is 205 Å². The number of hydrogen-bond donors (Lipinski definition) is 4. The summed E-state index contributed by atoms with van der Waals surface area (Å²) in [4.78, 5) is 65.8. The lowest BCUT2D eigenvalue weighted by molar-refractivity contribution is -0.142. The minimum atomic E-state index is -4.19. The number of anilines is 1. The van der Waals surface area contributed by atoms with Gasteiger partial charge in [0.05, 0.1) is 42.7 Å². The van der Waals surface area contributed by atoms with Gasteiger partial charge in [-0.2, -0.15) is 5.26 Å². The number of ether oxygens (including phenoxy) is 3. The van der Waals surface area contributed by atoms with Crippen molar-refractivity contribution in [2.45, 2.75) is 115 Å². The Bertz CT molecular complexity index is 2460. The fourth-order valence-corrected chi connectivity index (χ4v) is 11.7. The maximum absolute atomic E-state index is 14.9. The van der Waals surface area contributed by atoms with E-state index in [0.717, 1.165) is 30.8 Å². The Morgan fingerprint density at radius 3 is 2.46 bits per heavy atom. The minimum absolute atomic E-state index is 0.0234. The van der Waals surface area contributed by atoms with E-state index in [2.05, 4.69) is 28.6 Å². The zero-order valence-corrected chi connectivity index (χ0v) is 38.3. The number of likely N-dealkylation sites (tertiary alicyclic amines) is 1. The molecule has 334 valence electrons. The molecule has 17 heteroatoms. The van der Waals surface area contributed by atoms with Crippen molar-refractivity contribution in [2.75, 3.05) is 19.0 Å². The summed E-state index contributed by atoms with van der Waals surface area (Å²) in [6.07, 6.45) is 3.22. The Balaban J connectivity index is 1.22. The van der Waals surface area contributed by atoms with Crippen molar-refractivity contribution in [1.29, 1.82) is 5.26 Å². The molecule has 2 aromatic heterocycles. The molecular formula is C46H56N7O8PS. The molecule has 3 fully saturated rings. The van der Waals surface area contributed by atoms with Gasteiger partial charge in [0.15, 0.2) is 5.13 Å². The van der Waals surface area contributed by atoms with Crippen molar-refractivity contribution in [1.82, 2.24) is 25.5 Å². The molecular weight excluding hydrogens is 842 g/mol. The van der Waals surface area contributed by atoms with Crippen LogP contribution in [-0.4, -0.2) is 86.9 Å². The summed E-state index contributed by atoms with van der Waals surface area (Å²) in [6.45, 7) is 13.4. The average Bonchev–Trinajstić information content (AvgIpc) is 3.63. The van der Waals surface area contributed by atoms with Gasteiger partial charge in [0.25, 0.3) is 0 Å². The third kappa shape index (κ3) is 10.0. The predicted molar refractivity (Wildman–Crippen MR) is 242 cm³/mol. The van der Waals surface area contributed by atoms with Crippen LogP contribution in [-0.2, 0) is 25.1 Å². The fourth-order valence-electron chi connectivity index (χ4n) is 8.47.